The first-order valence-electron chi connectivity index (χ1n) is 7.57. The molecular formula is C19H20BrNO2. The zero-order valence-electron chi connectivity index (χ0n) is 13.3. The van der Waals surface area contributed by atoms with E-state index in [9.17, 15) is 4.79 Å². The number of carbonyl (C=O) groups excluding carboxylic acids is 1. The van der Waals surface area contributed by atoms with E-state index in [1.54, 1.807) is 6.08 Å². The van der Waals surface area contributed by atoms with Crippen LogP contribution >= 0.6 is 15.9 Å². The molecule has 0 bridgehead atoms. The van der Waals surface area contributed by atoms with Gasteiger partial charge in [0.1, 0.15) is 5.75 Å². The number of nitrogens with one attached hydrogen (secondary N) is 1. The number of benzene rings is 2. The van der Waals surface area contributed by atoms with Gasteiger partial charge in [-0.1, -0.05) is 47.1 Å². The number of carbonyl (C=O) groups is 1. The maximum atomic E-state index is 12.1. The van der Waals surface area contributed by atoms with Crippen molar-refractivity contribution in [1.29, 1.82) is 0 Å². The van der Waals surface area contributed by atoms with Gasteiger partial charge in [-0.3, -0.25) is 4.79 Å². The van der Waals surface area contributed by atoms with E-state index in [1.165, 1.54) is 6.08 Å². The van der Waals surface area contributed by atoms with Gasteiger partial charge >= 0.3 is 0 Å². The monoisotopic (exact) mass is 373 g/mol. The molecule has 0 aliphatic carbocycles. The van der Waals surface area contributed by atoms with Crippen LogP contribution in [0.5, 0.6) is 5.75 Å². The van der Waals surface area contributed by atoms with Crippen LogP contribution in [0.25, 0.3) is 6.08 Å². The van der Waals surface area contributed by atoms with Crippen LogP contribution in [0.3, 0.4) is 0 Å². The number of hydrogen-bond donors (Lipinski definition) is 1. The Kier molecular flexibility index (Phi) is 6.41. The van der Waals surface area contributed by atoms with Crippen LogP contribution in [0.15, 0.2) is 53.0 Å². The molecule has 3 nitrogen and oxygen atoms in total. The third kappa shape index (κ3) is 5.25. The van der Waals surface area contributed by atoms with Crippen LogP contribution in [0, 0.1) is 6.92 Å². The van der Waals surface area contributed by atoms with Gasteiger partial charge in [-0.05, 0) is 43.2 Å². The summed E-state index contributed by atoms with van der Waals surface area (Å²) in [6.45, 7) is 4.73. The number of halogens is 1. The first kappa shape index (κ1) is 17.3. The Morgan fingerprint density at radius 1 is 1.26 bits per heavy atom. The summed E-state index contributed by atoms with van der Waals surface area (Å²) in [7, 11) is 0. The Bertz CT molecular complexity index is 710. The number of amides is 1. The van der Waals surface area contributed by atoms with E-state index in [2.05, 4.69) is 28.2 Å². The highest BCUT2D eigenvalue weighted by Crippen LogP contribution is 2.21. The van der Waals surface area contributed by atoms with Gasteiger partial charge in [0.15, 0.2) is 0 Å². The average Bonchev–Trinajstić information content (AvgIpc) is 2.55. The molecule has 0 spiro atoms. The van der Waals surface area contributed by atoms with Crippen molar-refractivity contribution in [2.45, 2.75) is 20.3 Å². The van der Waals surface area contributed by atoms with Crippen molar-refractivity contribution in [2.75, 3.05) is 11.9 Å². The Balaban J connectivity index is 2.04. The van der Waals surface area contributed by atoms with Gasteiger partial charge in [0, 0.05) is 21.8 Å². The number of anilines is 1. The minimum atomic E-state index is -0.175. The fourth-order valence-corrected chi connectivity index (χ4v) is 2.36. The molecule has 4 heteroatoms. The van der Waals surface area contributed by atoms with Crippen LogP contribution in [-0.2, 0) is 4.79 Å². The van der Waals surface area contributed by atoms with Gasteiger partial charge in [-0.2, -0.15) is 0 Å². The number of ether oxygens (including phenoxy) is 1. The predicted octanol–water partition coefficient (Wildman–Crippen LogP) is 5.20. The van der Waals surface area contributed by atoms with E-state index in [1.807, 2.05) is 49.4 Å². The predicted molar refractivity (Wildman–Crippen MR) is 98.8 cm³/mol. The molecule has 0 saturated heterocycles. The lowest BCUT2D eigenvalue weighted by Crippen LogP contribution is -2.07. The minimum Gasteiger partial charge on any atom is -0.493 e. The van der Waals surface area contributed by atoms with E-state index in [0.29, 0.717) is 6.61 Å². The summed E-state index contributed by atoms with van der Waals surface area (Å²) in [5.41, 5.74) is 2.77. The van der Waals surface area contributed by atoms with Gasteiger partial charge in [0.05, 0.1) is 6.61 Å². The summed E-state index contributed by atoms with van der Waals surface area (Å²) in [6.07, 6.45) is 4.23. The van der Waals surface area contributed by atoms with Crippen LogP contribution < -0.4 is 10.1 Å². The summed E-state index contributed by atoms with van der Waals surface area (Å²) >= 11 is 3.46. The van der Waals surface area contributed by atoms with E-state index >= 15 is 0 Å². The van der Waals surface area contributed by atoms with E-state index < -0.39 is 0 Å². The Morgan fingerprint density at radius 2 is 2.04 bits per heavy atom. The smallest absolute Gasteiger partial charge is 0.248 e. The van der Waals surface area contributed by atoms with E-state index in [-0.39, 0.29) is 5.91 Å². The van der Waals surface area contributed by atoms with Crippen molar-refractivity contribution < 1.29 is 9.53 Å². The molecule has 0 aromatic heterocycles. The molecular weight excluding hydrogens is 354 g/mol. The molecule has 23 heavy (non-hydrogen) atoms. The van der Waals surface area contributed by atoms with Gasteiger partial charge in [0.2, 0.25) is 5.91 Å². The summed E-state index contributed by atoms with van der Waals surface area (Å²) in [5.74, 6) is 0.613. The molecule has 0 fully saturated rings. The normalized spacial score (nSPS) is 10.7. The quantitative estimate of drug-likeness (QED) is 0.706. The topological polar surface area (TPSA) is 38.3 Å². The van der Waals surface area contributed by atoms with Crippen LogP contribution in [0.2, 0.25) is 0 Å². The molecule has 120 valence electrons. The van der Waals surface area contributed by atoms with Gasteiger partial charge in [-0.15, -0.1) is 0 Å². The van der Waals surface area contributed by atoms with Crippen molar-refractivity contribution >= 4 is 33.6 Å². The zero-order chi connectivity index (χ0) is 16.7. The standard InChI is InChI=1S/C19H20BrNO2/c1-3-12-23-18-7-5-4-6-15(18)9-11-19(22)21-16-10-8-14(2)17(20)13-16/h4-11,13H,3,12H2,1-2H3,(H,21,22)/b11-9+. The third-order valence-corrected chi connectivity index (χ3v) is 4.09. The molecule has 1 amide bonds. The minimum absolute atomic E-state index is 0.175. The molecule has 0 saturated carbocycles. The third-order valence-electron chi connectivity index (χ3n) is 3.23. The Morgan fingerprint density at radius 3 is 2.78 bits per heavy atom. The SMILES string of the molecule is CCCOc1ccccc1/C=C/C(=O)Nc1ccc(C)c(Br)c1. The average molecular weight is 374 g/mol. The van der Waals surface area contributed by atoms with Crippen molar-refractivity contribution in [3.63, 3.8) is 0 Å². The number of rotatable bonds is 6. The van der Waals surface area contributed by atoms with E-state index in [0.717, 1.165) is 33.5 Å². The first-order valence-corrected chi connectivity index (χ1v) is 8.36. The highest BCUT2D eigenvalue weighted by atomic mass is 79.9. The second kappa shape index (κ2) is 8.53. The number of para-hydroxylation sites is 1. The van der Waals surface area contributed by atoms with Gasteiger partial charge < -0.3 is 10.1 Å². The van der Waals surface area contributed by atoms with E-state index in [4.69, 9.17) is 4.74 Å². The van der Waals surface area contributed by atoms with Gasteiger partial charge in [0.25, 0.3) is 0 Å². The molecule has 0 aliphatic rings. The lowest BCUT2D eigenvalue weighted by Gasteiger charge is -2.08. The van der Waals surface area contributed by atoms with Crippen LogP contribution in [0.1, 0.15) is 24.5 Å². The lowest BCUT2D eigenvalue weighted by molar-refractivity contribution is -0.111. The molecule has 0 unspecified atom stereocenters. The van der Waals surface area contributed by atoms with Crippen LogP contribution in [0.4, 0.5) is 5.69 Å². The fourth-order valence-electron chi connectivity index (χ4n) is 1.98. The van der Waals surface area contributed by atoms with Crippen molar-refractivity contribution in [2.24, 2.45) is 0 Å². The first-order chi connectivity index (χ1) is 11.1. The molecule has 0 atom stereocenters. The second-order valence-corrected chi connectivity index (χ2v) is 6.03. The van der Waals surface area contributed by atoms with Crippen molar-refractivity contribution in [3.05, 3.63) is 64.1 Å². The van der Waals surface area contributed by atoms with Crippen molar-refractivity contribution in [3.8, 4) is 5.75 Å². The van der Waals surface area contributed by atoms with Crippen molar-refractivity contribution in [1.82, 2.24) is 0 Å². The summed E-state index contributed by atoms with van der Waals surface area (Å²) < 4.78 is 6.65. The number of aryl methyl sites for hydroxylation is 1. The molecule has 2 aromatic rings. The zero-order valence-corrected chi connectivity index (χ0v) is 14.9. The molecule has 2 rings (SSSR count). The Labute approximate surface area is 145 Å². The number of hydrogen-bond acceptors (Lipinski definition) is 2. The maximum Gasteiger partial charge on any atom is 0.248 e. The largest absolute Gasteiger partial charge is 0.493 e. The summed E-state index contributed by atoms with van der Waals surface area (Å²) in [6, 6.07) is 13.4. The summed E-state index contributed by atoms with van der Waals surface area (Å²) in [4.78, 5) is 12.1. The molecule has 2 aromatic carbocycles. The van der Waals surface area contributed by atoms with Gasteiger partial charge in [-0.25, -0.2) is 0 Å². The fraction of sp³-hybridized carbons (Fsp3) is 0.211. The molecule has 0 heterocycles. The summed E-state index contributed by atoms with van der Waals surface area (Å²) in [5, 5.41) is 2.85. The highest BCUT2D eigenvalue weighted by Gasteiger charge is 2.03. The highest BCUT2D eigenvalue weighted by molar-refractivity contribution is 9.10. The molecule has 0 radical (unpaired) electrons. The Hall–Kier alpha value is -2.07. The second-order valence-electron chi connectivity index (χ2n) is 5.17. The maximum absolute atomic E-state index is 12.1. The lowest BCUT2D eigenvalue weighted by atomic mass is 10.2. The molecule has 1 N–H and O–H groups in total. The van der Waals surface area contributed by atoms with Crippen LogP contribution in [-0.4, -0.2) is 12.5 Å². The molecule has 0 aliphatic heterocycles.